The third-order valence-corrected chi connectivity index (χ3v) is 8.64. The highest BCUT2D eigenvalue weighted by atomic mass is 32.2. The molecule has 2 aromatic rings. The second kappa shape index (κ2) is 9.06. The summed E-state index contributed by atoms with van der Waals surface area (Å²) >= 11 is 0. The van der Waals surface area contributed by atoms with Crippen molar-refractivity contribution in [3.63, 3.8) is 0 Å². The lowest BCUT2D eigenvalue weighted by Crippen LogP contribution is -2.50. The van der Waals surface area contributed by atoms with Crippen LogP contribution in [0.3, 0.4) is 0 Å². The van der Waals surface area contributed by atoms with Crippen molar-refractivity contribution in [1.82, 2.24) is 19.0 Å². The van der Waals surface area contributed by atoms with Gasteiger partial charge in [0.2, 0.25) is 15.9 Å². The average Bonchev–Trinajstić information content (AvgIpc) is 2.96. The zero-order valence-electron chi connectivity index (χ0n) is 21.1. The summed E-state index contributed by atoms with van der Waals surface area (Å²) in [7, 11) is -1.76. The topological polar surface area (TPSA) is 75.5 Å². The normalized spacial score (nSPS) is 16.1. The second-order valence-corrected chi connectivity index (χ2v) is 11.8. The minimum absolute atomic E-state index is 0.0514. The van der Waals surface area contributed by atoms with Gasteiger partial charge in [-0.1, -0.05) is 32.9 Å². The first-order valence-corrected chi connectivity index (χ1v) is 12.8. The van der Waals surface area contributed by atoms with Crippen LogP contribution in [0.25, 0.3) is 6.08 Å². The summed E-state index contributed by atoms with van der Waals surface area (Å²) in [6.45, 7) is 15.3. The van der Waals surface area contributed by atoms with Gasteiger partial charge in [-0.05, 0) is 55.9 Å². The van der Waals surface area contributed by atoms with E-state index in [1.54, 1.807) is 21.7 Å². The van der Waals surface area contributed by atoms with Crippen molar-refractivity contribution in [2.45, 2.75) is 58.8 Å². The molecular formula is C25H36N4O3S. The molecule has 3 rings (SSSR count). The number of nitrogens with zero attached hydrogens (tertiary/aromatic N) is 4. The fourth-order valence-electron chi connectivity index (χ4n) is 4.36. The van der Waals surface area contributed by atoms with Crippen LogP contribution in [0.4, 0.5) is 0 Å². The van der Waals surface area contributed by atoms with E-state index in [-0.39, 0.29) is 24.4 Å². The third kappa shape index (κ3) is 5.06. The van der Waals surface area contributed by atoms with E-state index in [1.807, 2.05) is 46.9 Å². The van der Waals surface area contributed by atoms with Gasteiger partial charge in [-0.2, -0.15) is 9.40 Å². The van der Waals surface area contributed by atoms with Gasteiger partial charge < -0.3 is 4.90 Å². The summed E-state index contributed by atoms with van der Waals surface area (Å²) in [4.78, 5) is 14.8. The van der Waals surface area contributed by atoms with Crippen molar-refractivity contribution in [2.75, 3.05) is 26.2 Å². The number of piperazine rings is 1. The maximum absolute atomic E-state index is 13.5. The Morgan fingerprint density at radius 3 is 2.00 bits per heavy atom. The molecule has 0 atom stereocenters. The zero-order chi connectivity index (χ0) is 24.7. The first kappa shape index (κ1) is 25.2. The molecule has 1 aromatic heterocycles. The van der Waals surface area contributed by atoms with Crippen LogP contribution in [0.2, 0.25) is 0 Å². The minimum Gasteiger partial charge on any atom is -0.337 e. The number of sulfonamides is 1. The number of rotatable bonds is 4. The van der Waals surface area contributed by atoms with E-state index in [9.17, 15) is 13.2 Å². The monoisotopic (exact) mass is 472 g/mol. The van der Waals surface area contributed by atoms with Crippen LogP contribution in [-0.2, 0) is 27.3 Å². The van der Waals surface area contributed by atoms with E-state index in [0.29, 0.717) is 18.0 Å². The predicted molar refractivity (Wildman–Crippen MR) is 132 cm³/mol. The summed E-state index contributed by atoms with van der Waals surface area (Å²) in [5.74, 6) is -0.114. The van der Waals surface area contributed by atoms with Gasteiger partial charge in [0.1, 0.15) is 0 Å². The molecule has 1 fully saturated rings. The minimum atomic E-state index is -3.63. The highest BCUT2D eigenvalue weighted by Crippen LogP contribution is 2.31. The zero-order valence-corrected chi connectivity index (χ0v) is 21.9. The number of hydrogen-bond donors (Lipinski definition) is 0. The van der Waals surface area contributed by atoms with Gasteiger partial charge in [0, 0.05) is 50.6 Å². The smallest absolute Gasteiger partial charge is 0.246 e. The molecule has 7 nitrogen and oxygen atoms in total. The first-order valence-electron chi connectivity index (χ1n) is 11.3. The number of aromatic nitrogens is 2. The molecule has 0 radical (unpaired) electrons. The Kier molecular flexibility index (Phi) is 6.92. The Morgan fingerprint density at radius 2 is 1.55 bits per heavy atom. The van der Waals surface area contributed by atoms with Gasteiger partial charge in [-0.25, -0.2) is 8.42 Å². The van der Waals surface area contributed by atoms with Gasteiger partial charge in [0.25, 0.3) is 0 Å². The van der Waals surface area contributed by atoms with Crippen LogP contribution in [0.1, 0.15) is 54.4 Å². The first-order chi connectivity index (χ1) is 15.2. The van der Waals surface area contributed by atoms with Crippen LogP contribution in [0.15, 0.2) is 23.1 Å². The third-order valence-electron chi connectivity index (χ3n) is 6.43. The Labute approximate surface area is 198 Å². The van der Waals surface area contributed by atoms with Crippen molar-refractivity contribution in [3.05, 3.63) is 51.9 Å². The highest BCUT2D eigenvalue weighted by molar-refractivity contribution is 7.89. The molecule has 0 aliphatic carbocycles. The Morgan fingerprint density at radius 1 is 1.00 bits per heavy atom. The molecule has 33 heavy (non-hydrogen) atoms. The number of carbonyl (C=O) groups excluding carboxylic acids is 1. The van der Waals surface area contributed by atoms with E-state index in [2.05, 4.69) is 25.9 Å². The summed E-state index contributed by atoms with van der Waals surface area (Å²) in [5, 5.41) is 4.37. The van der Waals surface area contributed by atoms with Crippen LogP contribution in [0.5, 0.6) is 0 Å². The molecule has 1 saturated heterocycles. The lowest BCUT2D eigenvalue weighted by atomic mass is 9.85. The van der Waals surface area contributed by atoms with Gasteiger partial charge >= 0.3 is 0 Å². The van der Waals surface area contributed by atoms with E-state index in [0.717, 1.165) is 33.6 Å². The van der Waals surface area contributed by atoms with Crippen molar-refractivity contribution in [1.29, 1.82) is 0 Å². The maximum Gasteiger partial charge on any atom is 0.246 e. The number of carbonyl (C=O) groups is 1. The number of benzene rings is 1. The van der Waals surface area contributed by atoms with E-state index >= 15 is 0 Å². The molecule has 180 valence electrons. The molecule has 1 amide bonds. The molecule has 1 aliphatic heterocycles. The predicted octanol–water partition coefficient (Wildman–Crippen LogP) is 3.50. The second-order valence-electron chi connectivity index (χ2n) is 9.96. The lowest BCUT2D eigenvalue weighted by molar-refractivity contribution is -0.127. The van der Waals surface area contributed by atoms with Gasteiger partial charge in [0.15, 0.2) is 0 Å². The molecule has 0 bridgehead atoms. The molecular weight excluding hydrogens is 436 g/mol. The molecule has 0 unspecified atom stereocenters. The Hall–Kier alpha value is -2.45. The van der Waals surface area contributed by atoms with E-state index < -0.39 is 10.0 Å². The number of hydrogen-bond acceptors (Lipinski definition) is 4. The molecule has 1 aliphatic rings. The van der Waals surface area contributed by atoms with Crippen molar-refractivity contribution in [3.8, 4) is 0 Å². The van der Waals surface area contributed by atoms with Gasteiger partial charge in [-0.3, -0.25) is 9.48 Å². The lowest BCUT2D eigenvalue weighted by Gasteiger charge is -2.34. The summed E-state index contributed by atoms with van der Waals surface area (Å²) in [6.07, 6.45) is 3.35. The van der Waals surface area contributed by atoms with Crippen LogP contribution >= 0.6 is 0 Å². The van der Waals surface area contributed by atoms with Crippen molar-refractivity contribution in [2.24, 2.45) is 7.05 Å². The number of amides is 1. The molecule has 0 N–H and O–H groups in total. The standard InChI is InChI=1S/C25H36N4O3S/c1-17-15-21(25(5,6)7)16-18(2)24(17)33(31,32)29-13-11-28(12-14-29)23(30)10-9-22-19(3)26-27(8)20(22)4/h9-10,15-16H,11-14H2,1-8H3/b10-9+. The summed E-state index contributed by atoms with van der Waals surface area (Å²) < 4.78 is 30.2. The van der Waals surface area contributed by atoms with Crippen molar-refractivity contribution < 1.29 is 13.2 Å². The molecule has 0 saturated carbocycles. The summed E-state index contributed by atoms with van der Waals surface area (Å²) in [6, 6.07) is 3.96. The van der Waals surface area contributed by atoms with Crippen LogP contribution in [0, 0.1) is 27.7 Å². The highest BCUT2D eigenvalue weighted by Gasteiger charge is 2.32. The SMILES string of the molecule is Cc1cc(C(C)(C)C)cc(C)c1S(=O)(=O)N1CCN(C(=O)/C=C/c2c(C)nn(C)c2C)CC1. The molecule has 0 spiro atoms. The number of aryl methyl sites for hydroxylation is 4. The summed E-state index contributed by atoms with van der Waals surface area (Å²) in [5.41, 5.74) is 5.42. The van der Waals surface area contributed by atoms with Gasteiger partial charge in [-0.15, -0.1) is 0 Å². The maximum atomic E-state index is 13.5. The van der Waals surface area contributed by atoms with E-state index in [4.69, 9.17) is 0 Å². The van der Waals surface area contributed by atoms with Crippen LogP contribution < -0.4 is 0 Å². The Balaban J connectivity index is 1.73. The Bertz CT molecular complexity index is 1170. The molecule has 2 heterocycles. The quantitative estimate of drug-likeness (QED) is 0.639. The fraction of sp³-hybridized carbons (Fsp3) is 0.520. The fourth-order valence-corrected chi connectivity index (χ4v) is 6.19. The van der Waals surface area contributed by atoms with Gasteiger partial charge in [0.05, 0.1) is 10.6 Å². The molecule has 1 aromatic carbocycles. The molecule has 8 heteroatoms. The van der Waals surface area contributed by atoms with E-state index in [1.165, 1.54) is 4.31 Å². The largest absolute Gasteiger partial charge is 0.337 e. The van der Waals surface area contributed by atoms with Crippen molar-refractivity contribution >= 4 is 22.0 Å². The van der Waals surface area contributed by atoms with Crippen LogP contribution in [-0.4, -0.2) is 59.5 Å². The average molecular weight is 473 g/mol.